The third-order valence-corrected chi connectivity index (χ3v) is 3.22. The van der Waals surface area contributed by atoms with Crippen LogP contribution >= 0.6 is 0 Å². The van der Waals surface area contributed by atoms with Gasteiger partial charge in [-0.3, -0.25) is 4.79 Å². The van der Waals surface area contributed by atoms with Crippen LogP contribution in [0.5, 0.6) is 0 Å². The summed E-state index contributed by atoms with van der Waals surface area (Å²) in [5.41, 5.74) is -1.60. The zero-order valence-electron chi connectivity index (χ0n) is 13.5. The van der Waals surface area contributed by atoms with E-state index < -0.39 is 23.5 Å². The normalized spacial score (nSPS) is 10.1. The van der Waals surface area contributed by atoms with Crippen LogP contribution in [0.3, 0.4) is 0 Å². The van der Waals surface area contributed by atoms with Gasteiger partial charge in [0.2, 0.25) is 0 Å². The van der Waals surface area contributed by atoms with Gasteiger partial charge in [-0.05, 0) is 6.42 Å². The molecular formula is C15H19NO7. The van der Waals surface area contributed by atoms with E-state index in [-0.39, 0.29) is 23.4 Å². The van der Waals surface area contributed by atoms with Crippen LogP contribution in [0.2, 0.25) is 0 Å². The molecule has 1 heterocycles. The maximum Gasteiger partial charge on any atom is 0.355 e. The van der Waals surface area contributed by atoms with Crippen molar-refractivity contribution in [3.63, 3.8) is 0 Å². The number of carbonyl (C=O) groups is 3. The van der Waals surface area contributed by atoms with Crippen molar-refractivity contribution in [3.8, 4) is 0 Å². The van der Waals surface area contributed by atoms with Crippen molar-refractivity contribution in [1.29, 1.82) is 0 Å². The van der Waals surface area contributed by atoms with Gasteiger partial charge < -0.3 is 18.8 Å². The van der Waals surface area contributed by atoms with Crippen LogP contribution < -0.4 is 5.56 Å². The minimum Gasteiger partial charge on any atom is -0.465 e. The summed E-state index contributed by atoms with van der Waals surface area (Å²) >= 11 is 0. The first-order valence-corrected chi connectivity index (χ1v) is 6.95. The van der Waals surface area contributed by atoms with Crippen molar-refractivity contribution >= 4 is 17.9 Å². The lowest BCUT2D eigenvalue weighted by Crippen LogP contribution is -2.32. The number of hydrogen-bond acceptors (Lipinski definition) is 7. The van der Waals surface area contributed by atoms with E-state index in [0.29, 0.717) is 6.42 Å². The van der Waals surface area contributed by atoms with Gasteiger partial charge >= 0.3 is 17.9 Å². The first-order chi connectivity index (χ1) is 10.9. The predicted molar refractivity (Wildman–Crippen MR) is 79.6 cm³/mol. The Bertz CT molecular complexity index is 675. The van der Waals surface area contributed by atoms with Crippen LogP contribution in [0.4, 0.5) is 0 Å². The first-order valence-electron chi connectivity index (χ1n) is 6.95. The van der Waals surface area contributed by atoms with Crippen LogP contribution in [0.15, 0.2) is 10.9 Å². The molecule has 0 atom stereocenters. The average Bonchev–Trinajstić information content (AvgIpc) is 2.57. The molecule has 0 unspecified atom stereocenters. The zero-order chi connectivity index (χ0) is 17.6. The molecule has 0 N–H and O–H groups in total. The molecule has 0 amide bonds. The molecule has 8 heteroatoms. The average molecular weight is 325 g/mol. The highest BCUT2D eigenvalue weighted by Gasteiger charge is 2.30. The molecule has 1 aromatic heterocycles. The number of unbranched alkanes of at least 4 members (excludes halogenated alkanes) is 1. The molecule has 0 aliphatic rings. The smallest absolute Gasteiger partial charge is 0.355 e. The molecule has 0 saturated heterocycles. The third kappa shape index (κ3) is 3.77. The minimum atomic E-state index is -0.934. The number of pyridine rings is 1. The minimum absolute atomic E-state index is 0.200. The van der Waals surface area contributed by atoms with Crippen molar-refractivity contribution in [3.05, 3.63) is 33.2 Å². The Hall–Kier alpha value is -2.64. The van der Waals surface area contributed by atoms with Crippen LogP contribution in [0.1, 0.15) is 51.0 Å². The quantitative estimate of drug-likeness (QED) is 0.568. The fourth-order valence-corrected chi connectivity index (χ4v) is 2.07. The molecular weight excluding hydrogens is 306 g/mol. The number of nitrogens with zero attached hydrogens (tertiary/aromatic N) is 1. The Morgan fingerprint density at radius 3 is 2.04 bits per heavy atom. The molecule has 0 saturated carbocycles. The van der Waals surface area contributed by atoms with Gasteiger partial charge in [-0.25, -0.2) is 14.4 Å². The summed E-state index contributed by atoms with van der Waals surface area (Å²) in [5.74, 6) is -2.77. The number of methoxy groups -OCH3 is 3. The summed E-state index contributed by atoms with van der Waals surface area (Å²) in [4.78, 5) is 48.3. The second kappa shape index (κ2) is 8.11. The first kappa shape index (κ1) is 18.4. The Morgan fingerprint density at radius 1 is 1.00 bits per heavy atom. The molecule has 0 aliphatic carbocycles. The maximum atomic E-state index is 12.3. The summed E-state index contributed by atoms with van der Waals surface area (Å²) in [5, 5.41) is 0. The summed E-state index contributed by atoms with van der Waals surface area (Å²) in [6.07, 6.45) is 1.36. The molecule has 0 radical (unpaired) electrons. The molecule has 0 aromatic carbocycles. The highest BCUT2D eigenvalue weighted by molar-refractivity contribution is 6.09. The van der Waals surface area contributed by atoms with E-state index in [1.807, 2.05) is 6.92 Å². The summed E-state index contributed by atoms with van der Waals surface area (Å²) in [6, 6.07) is 0.959. The lowest BCUT2D eigenvalue weighted by molar-refractivity contribution is 0.0526. The number of rotatable bonds is 6. The van der Waals surface area contributed by atoms with Gasteiger partial charge in [0.25, 0.3) is 5.56 Å². The molecule has 8 nitrogen and oxygen atoms in total. The molecule has 126 valence electrons. The standard InChI is InChI=1S/C15H19NO7/c1-5-6-7-16-10(17)8-9(13(18)21-2)11(14(19)22-3)12(16)15(20)23-4/h8H,5-7H2,1-4H3. The lowest BCUT2D eigenvalue weighted by Gasteiger charge is -2.16. The zero-order valence-corrected chi connectivity index (χ0v) is 13.5. The Morgan fingerprint density at radius 2 is 1.57 bits per heavy atom. The van der Waals surface area contributed by atoms with Crippen molar-refractivity contribution in [1.82, 2.24) is 4.57 Å². The second-order valence-electron chi connectivity index (χ2n) is 4.60. The Kier molecular flexibility index (Phi) is 6.49. The van der Waals surface area contributed by atoms with E-state index in [2.05, 4.69) is 14.2 Å². The maximum absolute atomic E-state index is 12.3. The van der Waals surface area contributed by atoms with E-state index >= 15 is 0 Å². The van der Waals surface area contributed by atoms with Gasteiger partial charge in [0, 0.05) is 12.6 Å². The fraction of sp³-hybridized carbons (Fsp3) is 0.467. The van der Waals surface area contributed by atoms with Crippen molar-refractivity contribution in [2.24, 2.45) is 0 Å². The van der Waals surface area contributed by atoms with Gasteiger partial charge in [0.1, 0.15) is 11.3 Å². The SMILES string of the molecule is CCCCn1c(C(=O)OC)c(C(=O)OC)c(C(=O)OC)cc1=O. The topological polar surface area (TPSA) is 101 Å². The lowest BCUT2D eigenvalue weighted by atomic mass is 10.1. The van der Waals surface area contributed by atoms with Crippen molar-refractivity contribution in [2.75, 3.05) is 21.3 Å². The molecule has 23 heavy (non-hydrogen) atoms. The van der Waals surface area contributed by atoms with Crippen molar-refractivity contribution < 1.29 is 28.6 Å². The highest BCUT2D eigenvalue weighted by atomic mass is 16.5. The van der Waals surface area contributed by atoms with E-state index in [1.165, 1.54) is 0 Å². The van der Waals surface area contributed by atoms with Crippen LogP contribution in [-0.4, -0.2) is 43.8 Å². The summed E-state index contributed by atoms with van der Waals surface area (Å²) < 4.78 is 15.0. The number of hydrogen-bond donors (Lipinski definition) is 0. The van der Waals surface area contributed by atoms with E-state index in [0.717, 1.165) is 38.4 Å². The molecule has 0 bridgehead atoms. The molecule has 0 aliphatic heterocycles. The van der Waals surface area contributed by atoms with Gasteiger partial charge in [-0.2, -0.15) is 0 Å². The summed E-state index contributed by atoms with van der Waals surface area (Å²) in [7, 11) is 3.32. The number of esters is 3. The van der Waals surface area contributed by atoms with Gasteiger partial charge in [-0.15, -0.1) is 0 Å². The Balaban J connectivity index is 3.81. The molecule has 1 rings (SSSR count). The largest absolute Gasteiger partial charge is 0.465 e. The van der Waals surface area contributed by atoms with E-state index in [1.54, 1.807) is 0 Å². The third-order valence-electron chi connectivity index (χ3n) is 3.22. The van der Waals surface area contributed by atoms with Gasteiger partial charge in [0.15, 0.2) is 0 Å². The summed E-state index contributed by atoms with van der Waals surface area (Å²) in [6.45, 7) is 2.11. The molecule has 1 aromatic rings. The molecule has 0 fully saturated rings. The highest BCUT2D eigenvalue weighted by Crippen LogP contribution is 2.17. The number of carbonyl (C=O) groups excluding carboxylic acids is 3. The number of ether oxygens (including phenoxy) is 3. The fourth-order valence-electron chi connectivity index (χ4n) is 2.07. The van der Waals surface area contributed by atoms with Gasteiger partial charge in [-0.1, -0.05) is 13.3 Å². The van der Waals surface area contributed by atoms with Crippen LogP contribution in [-0.2, 0) is 20.8 Å². The second-order valence-corrected chi connectivity index (χ2v) is 4.60. The van der Waals surface area contributed by atoms with Crippen LogP contribution in [0.25, 0.3) is 0 Å². The van der Waals surface area contributed by atoms with Crippen molar-refractivity contribution in [2.45, 2.75) is 26.3 Å². The van der Waals surface area contributed by atoms with E-state index in [4.69, 9.17) is 0 Å². The predicted octanol–water partition coefficient (Wildman–Crippen LogP) is 1.01. The monoisotopic (exact) mass is 325 g/mol. The molecule has 0 spiro atoms. The van der Waals surface area contributed by atoms with E-state index in [9.17, 15) is 19.2 Å². The van der Waals surface area contributed by atoms with Crippen LogP contribution in [0, 0.1) is 0 Å². The Labute approximate surface area is 132 Å². The number of aromatic nitrogens is 1. The van der Waals surface area contributed by atoms with Gasteiger partial charge in [0.05, 0.1) is 26.9 Å².